The minimum absolute atomic E-state index is 0.0155. The summed E-state index contributed by atoms with van der Waals surface area (Å²) in [6.07, 6.45) is 0. The van der Waals surface area contributed by atoms with Crippen molar-refractivity contribution in [3.05, 3.63) is 33.9 Å². The molecule has 0 atom stereocenters. The molecule has 0 fully saturated rings. The smallest absolute Gasteiger partial charge is 0.343 e. The van der Waals surface area contributed by atoms with Gasteiger partial charge in [0, 0.05) is 18.3 Å². The Morgan fingerprint density at radius 3 is 2.83 bits per heavy atom. The first-order valence-corrected chi connectivity index (χ1v) is 5.91. The largest absolute Gasteiger partial charge is 0.384 e. The Morgan fingerprint density at radius 2 is 2.28 bits per heavy atom. The van der Waals surface area contributed by atoms with Gasteiger partial charge >= 0.3 is 5.69 Å². The molecule has 0 radical (unpaired) electrons. The van der Waals surface area contributed by atoms with Crippen LogP contribution in [-0.2, 0) is 7.05 Å². The predicted molar refractivity (Wildman–Crippen MR) is 67.9 cm³/mol. The van der Waals surface area contributed by atoms with Crippen LogP contribution in [0.1, 0.15) is 11.3 Å². The van der Waals surface area contributed by atoms with Gasteiger partial charge in [0.05, 0.1) is 0 Å². The number of nitrogen functional groups attached to an aromatic ring is 1. The lowest BCUT2D eigenvalue weighted by Gasteiger charge is -2.04. The highest BCUT2D eigenvalue weighted by Crippen LogP contribution is 2.23. The van der Waals surface area contributed by atoms with Crippen LogP contribution in [0.3, 0.4) is 0 Å². The predicted octanol–water partition coefficient (Wildman–Crippen LogP) is 0.247. The standard InChI is InChI=1S/C10H12N6OS/c1-5-3-6(8(11)12)4-7(13-5)18-10-15-14-9(17)16(10)2/h3-4H,1-2H3,(H3,11,12)(H,14,17). The van der Waals surface area contributed by atoms with Gasteiger partial charge in [-0.25, -0.2) is 14.9 Å². The van der Waals surface area contributed by atoms with Crippen molar-refractivity contribution in [3.63, 3.8) is 0 Å². The van der Waals surface area contributed by atoms with E-state index in [0.717, 1.165) is 5.69 Å². The quantitative estimate of drug-likeness (QED) is 0.543. The number of amidine groups is 1. The number of nitrogens with two attached hydrogens (primary N) is 1. The molecule has 0 aliphatic heterocycles. The summed E-state index contributed by atoms with van der Waals surface area (Å²) in [7, 11) is 1.62. The SMILES string of the molecule is Cc1cc(C(=N)N)cc(Sc2n[nH]c(=O)n2C)n1. The third kappa shape index (κ3) is 2.43. The molecule has 2 rings (SSSR count). The summed E-state index contributed by atoms with van der Waals surface area (Å²) >= 11 is 1.24. The number of nitrogens with zero attached hydrogens (tertiary/aromatic N) is 3. The highest BCUT2D eigenvalue weighted by molar-refractivity contribution is 7.99. The van der Waals surface area contributed by atoms with Crippen molar-refractivity contribution in [2.45, 2.75) is 17.1 Å². The van der Waals surface area contributed by atoms with E-state index in [2.05, 4.69) is 15.2 Å². The third-order valence-corrected chi connectivity index (χ3v) is 3.24. The average Bonchev–Trinajstić information content (AvgIpc) is 2.60. The fourth-order valence-electron chi connectivity index (χ4n) is 1.36. The van der Waals surface area contributed by atoms with Gasteiger partial charge in [0.1, 0.15) is 10.9 Å². The second-order valence-electron chi connectivity index (χ2n) is 3.72. The van der Waals surface area contributed by atoms with E-state index in [0.29, 0.717) is 15.7 Å². The normalized spacial score (nSPS) is 10.6. The molecule has 7 nitrogen and oxygen atoms in total. The molecule has 0 aromatic carbocycles. The van der Waals surface area contributed by atoms with Gasteiger partial charge in [-0.2, -0.15) is 0 Å². The van der Waals surface area contributed by atoms with Crippen LogP contribution in [0.2, 0.25) is 0 Å². The Labute approximate surface area is 107 Å². The van der Waals surface area contributed by atoms with E-state index in [1.54, 1.807) is 19.2 Å². The van der Waals surface area contributed by atoms with Gasteiger partial charge in [-0.15, -0.1) is 5.10 Å². The summed E-state index contributed by atoms with van der Waals surface area (Å²) in [5.74, 6) is -0.0155. The van der Waals surface area contributed by atoms with Gasteiger partial charge in [-0.05, 0) is 30.8 Å². The Bertz CT molecular complexity index is 659. The molecule has 8 heteroatoms. The summed E-state index contributed by atoms with van der Waals surface area (Å²) < 4.78 is 1.39. The maximum absolute atomic E-state index is 11.2. The van der Waals surface area contributed by atoms with Crippen LogP contribution >= 0.6 is 11.8 Å². The molecular formula is C10H12N6OS. The summed E-state index contributed by atoms with van der Waals surface area (Å²) in [6.45, 7) is 1.82. The zero-order chi connectivity index (χ0) is 13.3. The molecule has 2 aromatic rings. The van der Waals surface area contributed by atoms with Crippen molar-refractivity contribution in [2.24, 2.45) is 12.8 Å². The molecule has 0 amide bonds. The fourth-order valence-corrected chi connectivity index (χ4v) is 2.24. The molecule has 2 aromatic heterocycles. The fraction of sp³-hybridized carbons (Fsp3) is 0.200. The lowest BCUT2D eigenvalue weighted by atomic mass is 10.2. The number of hydrogen-bond donors (Lipinski definition) is 3. The van der Waals surface area contributed by atoms with E-state index in [-0.39, 0.29) is 11.5 Å². The van der Waals surface area contributed by atoms with Crippen LogP contribution in [0.5, 0.6) is 0 Å². The molecule has 0 saturated heterocycles. The van der Waals surface area contributed by atoms with E-state index in [4.69, 9.17) is 11.1 Å². The second kappa shape index (κ2) is 4.65. The van der Waals surface area contributed by atoms with Crippen molar-refractivity contribution in [1.82, 2.24) is 19.7 Å². The van der Waals surface area contributed by atoms with Gasteiger partial charge in [0.25, 0.3) is 0 Å². The zero-order valence-corrected chi connectivity index (χ0v) is 10.7. The third-order valence-electron chi connectivity index (χ3n) is 2.28. The van der Waals surface area contributed by atoms with Crippen molar-refractivity contribution >= 4 is 17.6 Å². The van der Waals surface area contributed by atoms with Crippen molar-refractivity contribution in [1.29, 1.82) is 5.41 Å². The zero-order valence-electron chi connectivity index (χ0n) is 9.89. The first-order valence-electron chi connectivity index (χ1n) is 5.09. The number of aromatic nitrogens is 4. The molecule has 0 saturated carbocycles. The van der Waals surface area contributed by atoms with E-state index in [9.17, 15) is 4.79 Å². The summed E-state index contributed by atoms with van der Waals surface area (Å²) in [4.78, 5) is 15.5. The summed E-state index contributed by atoms with van der Waals surface area (Å²) in [6, 6.07) is 3.43. The molecule has 0 unspecified atom stereocenters. The molecule has 0 aliphatic rings. The number of nitrogens with one attached hydrogen (secondary N) is 2. The van der Waals surface area contributed by atoms with Crippen molar-refractivity contribution in [3.8, 4) is 0 Å². The molecule has 2 heterocycles. The number of aryl methyl sites for hydroxylation is 1. The topological polar surface area (TPSA) is 113 Å². The minimum Gasteiger partial charge on any atom is -0.384 e. The van der Waals surface area contributed by atoms with E-state index in [1.807, 2.05) is 6.92 Å². The van der Waals surface area contributed by atoms with E-state index in [1.165, 1.54) is 16.3 Å². The Balaban J connectivity index is 2.37. The summed E-state index contributed by atoms with van der Waals surface area (Å²) in [5, 5.41) is 14.8. The number of pyridine rings is 1. The Hall–Kier alpha value is -2.09. The molecule has 18 heavy (non-hydrogen) atoms. The number of aromatic amines is 1. The van der Waals surface area contributed by atoms with Crippen LogP contribution in [-0.4, -0.2) is 25.6 Å². The number of hydrogen-bond acceptors (Lipinski definition) is 5. The van der Waals surface area contributed by atoms with Gasteiger partial charge in [-0.3, -0.25) is 9.98 Å². The van der Waals surface area contributed by atoms with Gasteiger partial charge < -0.3 is 5.73 Å². The lowest BCUT2D eigenvalue weighted by Crippen LogP contribution is -2.13. The first kappa shape index (κ1) is 12.4. The maximum atomic E-state index is 11.2. The molecule has 4 N–H and O–H groups in total. The molecule has 94 valence electrons. The maximum Gasteiger partial charge on any atom is 0.343 e. The van der Waals surface area contributed by atoms with Crippen LogP contribution in [0, 0.1) is 12.3 Å². The second-order valence-corrected chi connectivity index (χ2v) is 4.71. The lowest BCUT2D eigenvalue weighted by molar-refractivity contribution is 0.764. The summed E-state index contributed by atoms with van der Waals surface area (Å²) in [5.41, 5.74) is 6.53. The van der Waals surface area contributed by atoms with E-state index >= 15 is 0 Å². The van der Waals surface area contributed by atoms with E-state index < -0.39 is 0 Å². The molecule has 0 aliphatic carbocycles. The Morgan fingerprint density at radius 1 is 1.56 bits per heavy atom. The van der Waals surface area contributed by atoms with Crippen LogP contribution in [0.25, 0.3) is 0 Å². The van der Waals surface area contributed by atoms with Crippen molar-refractivity contribution in [2.75, 3.05) is 0 Å². The first-order chi connectivity index (χ1) is 8.47. The Kier molecular flexibility index (Phi) is 3.19. The van der Waals surface area contributed by atoms with Crippen molar-refractivity contribution < 1.29 is 0 Å². The van der Waals surface area contributed by atoms with Gasteiger partial charge in [-0.1, -0.05) is 0 Å². The highest BCUT2D eigenvalue weighted by atomic mass is 32.2. The minimum atomic E-state index is -0.281. The average molecular weight is 264 g/mol. The molecular weight excluding hydrogens is 252 g/mol. The molecule has 0 bridgehead atoms. The number of H-pyrrole nitrogens is 1. The van der Waals surface area contributed by atoms with Gasteiger partial charge in [0.2, 0.25) is 0 Å². The highest BCUT2D eigenvalue weighted by Gasteiger charge is 2.09. The monoisotopic (exact) mass is 264 g/mol. The molecule has 0 spiro atoms. The van der Waals surface area contributed by atoms with Crippen LogP contribution in [0.4, 0.5) is 0 Å². The number of rotatable bonds is 3. The van der Waals surface area contributed by atoms with Gasteiger partial charge in [0.15, 0.2) is 5.16 Å². The van der Waals surface area contributed by atoms with Crippen LogP contribution < -0.4 is 11.4 Å². The van der Waals surface area contributed by atoms with Crippen LogP contribution in [0.15, 0.2) is 27.1 Å².